The predicted molar refractivity (Wildman–Crippen MR) is 69.1 cm³/mol. The van der Waals surface area contributed by atoms with Crippen LogP contribution < -0.4 is 10.7 Å². The zero-order chi connectivity index (χ0) is 13.1. The van der Waals surface area contributed by atoms with Crippen molar-refractivity contribution in [3.8, 4) is 0 Å². The Labute approximate surface area is 110 Å². The number of carbonyl (C=O) groups excluding carboxylic acids is 1. The van der Waals surface area contributed by atoms with Crippen molar-refractivity contribution in [3.63, 3.8) is 0 Å². The summed E-state index contributed by atoms with van der Waals surface area (Å²) < 4.78 is 13.6. The lowest BCUT2D eigenvalue weighted by molar-refractivity contribution is 0.102. The van der Waals surface area contributed by atoms with E-state index in [0.29, 0.717) is 4.47 Å². The minimum absolute atomic E-state index is 0.0336. The van der Waals surface area contributed by atoms with Crippen LogP contribution in [0.4, 0.5) is 10.1 Å². The van der Waals surface area contributed by atoms with Crippen molar-refractivity contribution in [2.45, 2.75) is 0 Å². The number of nitrogens with one attached hydrogen (secondary N) is 2. The average Bonchev–Trinajstić information content (AvgIpc) is 2.34. The number of pyridine rings is 1. The van der Waals surface area contributed by atoms with Crippen LogP contribution >= 0.6 is 15.9 Å². The van der Waals surface area contributed by atoms with Gasteiger partial charge in [0.25, 0.3) is 5.91 Å². The third kappa shape index (κ3) is 2.65. The number of anilines is 1. The summed E-state index contributed by atoms with van der Waals surface area (Å²) >= 11 is 3.18. The Morgan fingerprint density at radius 3 is 2.83 bits per heavy atom. The van der Waals surface area contributed by atoms with Crippen LogP contribution in [-0.2, 0) is 0 Å². The fraction of sp³-hybridized carbons (Fsp3) is 0. The van der Waals surface area contributed by atoms with Gasteiger partial charge in [0.2, 0.25) is 0 Å². The van der Waals surface area contributed by atoms with Gasteiger partial charge in [0, 0.05) is 22.9 Å². The van der Waals surface area contributed by atoms with Crippen LogP contribution in [0, 0.1) is 5.82 Å². The summed E-state index contributed by atoms with van der Waals surface area (Å²) in [5.74, 6) is -1.07. The van der Waals surface area contributed by atoms with E-state index in [2.05, 4.69) is 26.2 Å². The second-order valence-corrected chi connectivity index (χ2v) is 4.35. The summed E-state index contributed by atoms with van der Waals surface area (Å²) in [7, 11) is 0. The van der Waals surface area contributed by atoms with Gasteiger partial charge in [-0.3, -0.25) is 9.59 Å². The summed E-state index contributed by atoms with van der Waals surface area (Å²) in [5, 5.41) is 2.46. The smallest absolute Gasteiger partial charge is 0.261 e. The summed E-state index contributed by atoms with van der Waals surface area (Å²) in [6.45, 7) is 0. The van der Waals surface area contributed by atoms with Gasteiger partial charge in [-0.25, -0.2) is 4.39 Å². The number of aromatic amines is 1. The van der Waals surface area contributed by atoms with Gasteiger partial charge >= 0.3 is 0 Å². The Balaban J connectivity index is 2.30. The minimum atomic E-state index is -0.594. The van der Waals surface area contributed by atoms with Crippen LogP contribution in [0.25, 0.3) is 0 Å². The number of hydrogen-bond donors (Lipinski definition) is 2. The van der Waals surface area contributed by atoms with Gasteiger partial charge in [0.05, 0.1) is 5.69 Å². The van der Waals surface area contributed by atoms with E-state index in [4.69, 9.17) is 0 Å². The fourth-order valence-electron chi connectivity index (χ4n) is 1.38. The number of hydrogen-bond acceptors (Lipinski definition) is 2. The van der Waals surface area contributed by atoms with Crippen LogP contribution in [0.5, 0.6) is 0 Å². The molecule has 1 aromatic carbocycles. The lowest BCUT2D eigenvalue weighted by Crippen LogP contribution is -2.21. The molecule has 6 heteroatoms. The molecule has 0 radical (unpaired) electrons. The molecule has 0 fully saturated rings. The van der Waals surface area contributed by atoms with Crippen LogP contribution in [0.3, 0.4) is 0 Å². The van der Waals surface area contributed by atoms with E-state index in [-0.39, 0.29) is 11.3 Å². The highest BCUT2D eigenvalue weighted by Crippen LogP contribution is 2.23. The van der Waals surface area contributed by atoms with Crippen molar-refractivity contribution in [2.24, 2.45) is 0 Å². The van der Waals surface area contributed by atoms with Gasteiger partial charge in [-0.1, -0.05) is 0 Å². The average molecular weight is 311 g/mol. The molecule has 2 rings (SSSR count). The predicted octanol–water partition coefficient (Wildman–Crippen LogP) is 2.53. The van der Waals surface area contributed by atoms with Crippen molar-refractivity contribution >= 4 is 27.5 Å². The molecule has 0 aliphatic heterocycles. The molecule has 18 heavy (non-hydrogen) atoms. The third-order valence-electron chi connectivity index (χ3n) is 2.25. The fourth-order valence-corrected chi connectivity index (χ4v) is 1.72. The van der Waals surface area contributed by atoms with E-state index >= 15 is 0 Å². The molecular weight excluding hydrogens is 303 g/mol. The lowest BCUT2D eigenvalue weighted by atomic mass is 10.2. The quantitative estimate of drug-likeness (QED) is 0.895. The SMILES string of the molecule is O=C(Nc1cc(F)ccc1Br)c1c[nH]ccc1=O. The first-order valence-corrected chi connectivity index (χ1v) is 5.81. The van der Waals surface area contributed by atoms with Crippen molar-refractivity contribution in [1.82, 2.24) is 4.98 Å². The normalized spacial score (nSPS) is 10.1. The molecule has 1 heterocycles. The Morgan fingerprint density at radius 2 is 2.11 bits per heavy atom. The number of aromatic nitrogens is 1. The number of benzene rings is 1. The van der Waals surface area contributed by atoms with Crippen LogP contribution in [0.1, 0.15) is 10.4 Å². The molecule has 0 atom stereocenters. The summed E-state index contributed by atoms with van der Waals surface area (Å²) in [6, 6.07) is 5.14. The largest absolute Gasteiger partial charge is 0.367 e. The first kappa shape index (κ1) is 12.5. The number of halogens is 2. The zero-order valence-electron chi connectivity index (χ0n) is 9.04. The number of amides is 1. The molecule has 4 nitrogen and oxygen atoms in total. The Morgan fingerprint density at radius 1 is 1.33 bits per heavy atom. The van der Waals surface area contributed by atoms with Crippen LogP contribution in [0.15, 0.2) is 45.9 Å². The molecule has 0 unspecified atom stereocenters. The van der Waals surface area contributed by atoms with E-state index in [1.54, 1.807) is 0 Å². The van der Waals surface area contributed by atoms with E-state index < -0.39 is 17.2 Å². The highest BCUT2D eigenvalue weighted by Gasteiger charge is 2.11. The van der Waals surface area contributed by atoms with E-state index in [1.807, 2.05) is 0 Å². The highest BCUT2D eigenvalue weighted by molar-refractivity contribution is 9.10. The molecule has 92 valence electrons. The maximum atomic E-state index is 13.0. The molecule has 0 spiro atoms. The van der Waals surface area contributed by atoms with Gasteiger partial charge in [-0.2, -0.15) is 0 Å². The topological polar surface area (TPSA) is 62.0 Å². The van der Waals surface area contributed by atoms with Gasteiger partial charge in [0.1, 0.15) is 11.4 Å². The summed E-state index contributed by atoms with van der Waals surface area (Å²) in [5.41, 5.74) is -0.171. The van der Waals surface area contributed by atoms with Crippen molar-refractivity contribution in [1.29, 1.82) is 0 Å². The van der Waals surface area contributed by atoms with Crippen molar-refractivity contribution < 1.29 is 9.18 Å². The maximum absolute atomic E-state index is 13.0. The molecule has 1 aromatic heterocycles. The second kappa shape index (κ2) is 5.14. The van der Waals surface area contributed by atoms with Crippen LogP contribution in [0.2, 0.25) is 0 Å². The minimum Gasteiger partial charge on any atom is -0.367 e. The molecule has 2 aromatic rings. The van der Waals surface area contributed by atoms with Gasteiger partial charge in [-0.15, -0.1) is 0 Å². The lowest BCUT2D eigenvalue weighted by Gasteiger charge is -2.06. The van der Waals surface area contributed by atoms with Gasteiger partial charge < -0.3 is 10.3 Å². The molecule has 0 saturated heterocycles. The summed E-state index contributed by atoms with van der Waals surface area (Å²) in [6.07, 6.45) is 2.72. The molecule has 0 aliphatic carbocycles. The Hall–Kier alpha value is -1.95. The van der Waals surface area contributed by atoms with E-state index in [9.17, 15) is 14.0 Å². The molecule has 0 saturated carbocycles. The maximum Gasteiger partial charge on any atom is 0.261 e. The van der Waals surface area contributed by atoms with Gasteiger partial charge in [0.15, 0.2) is 5.43 Å². The summed E-state index contributed by atoms with van der Waals surface area (Å²) in [4.78, 5) is 25.9. The van der Waals surface area contributed by atoms with E-state index in [0.717, 1.165) is 0 Å². The van der Waals surface area contributed by atoms with Crippen molar-refractivity contribution in [2.75, 3.05) is 5.32 Å². The Bertz CT molecular complexity index is 655. The second-order valence-electron chi connectivity index (χ2n) is 3.50. The van der Waals surface area contributed by atoms with Crippen molar-refractivity contribution in [3.05, 3.63) is 62.7 Å². The number of rotatable bonds is 2. The monoisotopic (exact) mass is 310 g/mol. The molecular formula is C12H8BrFN2O2. The standard InChI is InChI=1S/C12H8BrFN2O2/c13-9-2-1-7(14)5-10(9)16-12(18)8-6-15-4-3-11(8)17/h1-6H,(H,15,17)(H,16,18). The van der Waals surface area contributed by atoms with Crippen LogP contribution in [-0.4, -0.2) is 10.9 Å². The molecule has 0 bridgehead atoms. The molecule has 2 N–H and O–H groups in total. The highest BCUT2D eigenvalue weighted by atomic mass is 79.9. The zero-order valence-corrected chi connectivity index (χ0v) is 10.6. The molecule has 0 aliphatic rings. The molecule has 1 amide bonds. The first-order chi connectivity index (χ1) is 8.58. The first-order valence-electron chi connectivity index (χ1n) is 5.01. The van der Waals surface area contributed by atoms with E-state index in [1.165, 1.54) is 36.7 Å². The third-order valence-corrected chi connectivity index (χ3v) is 2.94. The number of H-pyrrole nitrogens is 1. The number of carbonyl (C=O) groups is 1. The Kier molecular flexibility index (Phi) is 3.57. The van der Waals surface area contributed by atoms with Gasteiger partial charge in [-0.05, 0) is 34.1 Å².